The van der Waals surface area contributed by atoms with Crippen LogP contribution in [0.5, 0.6) is 0 Å². The van der Waals surface area contributed by atoms with Crippen molar-refractivity contribution in [2.75, 3.05) is 43.0 Å². The second-order valence-electron chi connectivity index (χ2n) is 5.68. The molecule has 0 spiro atoms. The van der Waals surface area contributed by atoms with E-state index in [0.29, 0.717) is 6.04 Å². The van der Waals surface area contributed by atoms with Crippen molar-refractivity contribution >= 4 is 11.4 Å². The first-order chi connectivity index (χ1) is 8.75. The first-order valence-electron chi connectivity index (χ1n) is 7.04. The lowest BCUT2D eigenvalue weighted by atomic mass is 10.0. The van der Waals surface area contributed by atoms with E-state index < -0.39 is 0 Å². The van der Waals surface area contributed by atoms with Crippen molar-refractivity contribution in [3.8, 4) is 0 Å². The molecule has 0 aromatic heterocycles. The van der Waals surface area contributed by atoms with Gasteiger partial charge in [-0.2, -0.15) is 0 Å². The van der Waals surface area contributed by atoms with Crippen LogP contribution in [0.1, 0.15) is 13.3 Å². The molecule has 1 N–H and O–H groups in total. The second-order valence-corrected chi connectivity index (χ2v) is 5.68. The van der Waals surface area contributed by atoms with E-state index >= 15 is 0 Å². The van der Waals surface area contributed by atoms with E-state index in [2.05, 4.69) is 53.4 Å². The van der Waals surface area contributed by atoms with E-state index in [-0.39, 0.29) is 0 Å². The third-order valence-corrected chi connectivity index (χ3v) is 4.45. The zero-order valence-corrected chi connectivity index (χ0v) is 11.4. The third kappa shape index (κ3) is 2.07. The molecule has 2 unspecified atom stereocenters. The summed E-state index contributed by atoms with van der Waals surface area (Å²) >= 11 is 0. The van der Waals surface area contributed by atoms with E-state index in [9.17, 15) is 0 Å². The molecule has 0 saturated carbocycles. The quantitative estimate of drug-likeness (QED) is 0.859. The minimum atomic E-state index is 0.654. The standard InChI is InChI=1S/C15H23N3/c1-12-7-8-16-13(12)11-18-10-9-17(2)14-5-3-4-6-15(14)18/h3-6,12-13,16H,7-11H2,1-2H3. The lowest BCUT2D eigenvalue weighted by Gasteiger charge is -2.38. The molecule has 1 fully saturated rings. The SMILES string of the molecule is CC1CCNC1CN1CCN(C)c2ccccc21. The van der Waals surface area contributed by atoms with Gasteiger partial charge in [0, 0.05) is 32.7 Å². The van der Waals surface area contributed by atoms with E-state index in [1.54, 1.807) is 0 Å². The largest absolute Gasteiger partial charge is 0.371 e. The minimum absolute atomic E-state index is 0.654. The number of para-hydroxylation sites is 2. The Balaban J connectivity index is 1.79. The van der Waals surface area contributed by atoms with Crippen LogP contribution in [0.2, 0.25) is 0 Å². The van der Waals surface area contributed by atoms with Crippen molar-refractivity contribution in [2.45, 2.75) is 19.4 Å². The van der Waals surface area contributed by atoms with Crippen molar-refractivity contribution in [1.29, 1.82) is 0 Å². The van der Waals surface area contributed by atoms with Gasteiger partial charge in [-0.3, -0.25) is 0 Å². The molecule has 1 saturated heterocycles. The van der Waals surface area contributed by atoms with E-state index in [1.807, 2.05) is 0 Å². The van der Waals surface area contributed by atoms with Crippen LogP contribution in [0, 0.1) is 5.92 Å². The first kappa shape index (κ1) is 11.8. The molecule has 2 aliphatic heterocycles. The van der Waals surface area contributed by atoms with Gasteiger partial charge < -0.3 is 15.1 Å². The van der Waals surface area contributed by atoms with Gasteiger partial charge in [-0.25, -0.2) is 0 Å². The summed E-state index contributed by atoms with van der Waals surface area (Å²) in [5.41, 5.74) is 2.77. The zero-order chi connectivity index (χ0) is 12.5. The van der Waals surface area contributed by atoms with Crippen molar-refractivity contribution in [3.05, 3.63) is 24.3 Å². The molecule has 98 valence electrons. The molecule has 0 radical (unpaired) electrons. The summed E-state index contributed by atoms with van der Waals surface area (Å²) in [6.07, 6.45) is 1.32. The van der Waals surface area contributed by atoms with Crippen LogP contribution in [-0.2, 0) is 0 Å². The topological polar surface area (TPSA) is 18.5 Å². The van der Waals surface area contributed by atoms with Crippen molar-refractivity contribution < 1.29 is 0 Å². The number of fused-ring (bicyclic) bond motifs is 1. The van der Waals surface area contributed by atoms with Crippen LogP contribution in [0.3, 0.4) is 0 Å². The predicted octanol–water partition coefficient (Wildman–Crippen LogP) is 1.94. The Bertz CT molecular complexity index is 418. The van der Waals surface area contributed by atoms with Gasteiger partial charge in [0.05, 0.1) is 11.4 Å². The van der Waals surface area contributed by atoms with Crippen molar-refractivity contribution in [3.63, 3.8) is 0 Å². The lowest BCUT2D eigenvalue weighted by molar-refractivity contribution is 0.473. The van der Waals surface area contributed by atoms with Crippen LogP contribution in [0.4, 0.5) is 11.4 Å². The molecule has 18 heavy (non-hydrogen) atoms. The van der Waals surface area contributed by atoms with Crippen molar-refractivity contribution in [1.82, 2.24) is 5.32 Å². The summed E-state index contributed by atoms with van der Waals surface area (Å²) in [6, 6.07) is 9.42. The summed E-state index contributed by atoms with van der Waals surface area (Å²) in [5.74, 6) is 0.803. The van der Waals surface area contributed by atoms with Gasteiger partial charge in [-0.1, -0.05) is 19.1 Å². The summed E-state index contributed by atoms with van der Waals surface area (Å²) < 4.78 is 0. The van der Waals surface area contributed by atoms with Gasteiger partial charge in [-0.05, 0) is 31.0 Å². The maximum atomic E-state index is 3.64. The highest BCUT2D eigenvalue weighted by Gasteiger charge is 2.27. The van der Waals surface area contributed by atoms with Crippen LogP contribution in [-0.4, -0.2) is 39.3 Å². The molecule has 2 atom stereocenters. The number of hydrogen-bond donors (Lipinski definition) is 1. The smallest absolute Gasteiger partial charge is 0.0605 e. The highest BCUT2D eigenvalue weighted by atomic mass is 15.3. The Labute approximate surface area is 110 Å². The Morgan fingerprint density at radius 2 is 2.00 bits per heavy atom. The minimum Gasteiger partial charge on any atom is -0.371 e. The maximum Gasteiger partial charge on any atom is 0.0605 e. The summed E-state index contributed by atoms with van der Waals surface area (Å²) in [7, 11) is 2.19. The average Bonchev–Trinajstić information content (AvgIpc) is 2.79. The van der Waals surface area contributed by atoms with Crippen LogP contribution in [0.15, 0.2) is 24.3 Å². The molecule has 1 aromatic carbocycles. The number of benzene rings is 1. The highest BCUT2D eigenvalue weighted by Crippen LogP contribution is 2.32. The predicted molar refractivity (Wildman–Crippen MR) is 77.5 cm³/mol. The van der Waals surface area contributed by atoms with E-state index in [0.717, 1.165) is 25.6 Å². The molecule has 3 rings (SSSR count). The van der Waals surface area contributed by atoms with E-state index in [1.165, 1.54) is 24.3 Å². The third-order valence-electron chi connectivity index (χ3n) is 4.45. The van der Waals surface area contributed by atoms with Gasteiger partial charge in [0.1, 0.15) is 0 Å². The zero-order valence-electron chi connectivity index (χ0n) is 11.4. The van der Waals surface area contributed by atoms with Gasteiger partial charge in [0.2, 0.25) is 0 Å². The number of rotatable bonds is 2. The van der Waals surface area contributed by atoms with Gasteiger partial charge in [0.25, 0.3) is 0 Å². The van der Waals surface area contributed by atoms with E-state index in [4.69, 9.17) is 0 Å². The molecular formula is C15H23N3. The second kappa shape index (κ2) is 4.81. The molecule has 0 bridgehead atoms. The summed E-state index contributed by atoms with van der Waals surface area (Å²) in [6.45, 7) is 6.95. The first-order valence-corrected chi connectivity index (χ1v) is 7.04. The molecule has 1 aromatic rings. The Hall–Kier alpha value is -1.22. The fourth-order valence-electron chi connectivity index (χ4n) is 3.14. The maximum absolute atomic E-state index is 3.64. The molecular weight excluding hydrogens is 222 g/mol. The van der Waals surface area contributed by atoms with Gasteiger partial charge in [0.15, 0.2) is 0 Å². The number of hydrogen-bond acceptors (Lipinski definition) is 3. The molecule has 2 heterocycles. The number of likely N-dealkylation sites (N-methyl/N-ethyl adjacent to an activating group) is 1. The van der Waals surface area contributed by atoms with Crippen LogP contribution < -0.4 is 15.1 Å². The van der Waals surface area contributed by atoms with Crippen molar-refractivity contribution in [2.24, 2.45) is 5.92 Å². The monoisotopic (exact) mass is 245 g/mol. The summed E-state index contributed by atoms with van der Waals surface area (Å²) in [4.78, 5) is 4.91. The Kier molecular flexibility index (Phi) is 3.16. The molecule has 3 nitrogen and oxygen atoms in total. The molecule has 0 aliphatic carbocycles. The fourth-order valence-corrected chi connectivity index (χ4v) is 3.14. The lowest BCUT2D eigenvalue weighted by Crippen LogP contribution is -2.46. The normalized spacial score (nSPS) is 27.4. The van der Waals surface area contributed by atoms with Gasteiger partial charge in [-0.15, -0.1) is 0 Å². The highest BCUT2D eigenvalue weighted by molar-refractivity contribution is 5.73. The molecule has 3 heteroatoms. The number of anilines is 2. The number of nitrogens with zero attached hydrogens (tertiary/aromatic N) is 2. The van der Waals surface area contributed by atoms with Crippen LogP contribution >= 0.6 is 0 Å². The van der Waals surface area contributed by atoms with Crippen LogP contribution in [0.25, 0.3) is 0 Å². The molecule has 0 amide bonds. The fraction of sp³-hybridized carbons (Fsp3) is 0.600. The Morgan fingerprint density at radius 3 is 2.72 bits per heavy atom. The average molecular weight is 245 g/mol. The van der Waals surface area contributed by atoms with Gasteiger partial charge >= 0.3 is 0 Å². The number of nitrogens with one attached hydrogen (secondary N) is 1. The Morgan fingerprint density at radius 1 is 1.22 bits per heavy atom. The summed E-state index contributed by atoms with van der Waals surface area (Å²) in [5, 5.41) is 3.64. The molecule has 2 aliphatic rings.